The van der Waals surface area contributed by atoms with Gasteiger partial charge in [-0.1, -0.05) is 44.2 Å². The third kappa shape index (κ3) is 4.14. The monoisotopic (exact) mass is 456 g/mol. The van der Waals surface area contributed by atoms with Gasteiger partial charge in [-0.3, -0.25) is 5.41 Å². The Balaban J connectivity index is 1.37. The first kappa shape index (κ1) is 21.7. The molecule has 2 saturated carbocycles. The molecule has 172 valence electrons. The number of fused-ring (bicyclic) bond motifs is 1. The van der Waals surface area contributed by atoms with Gasteiger partial charge in [-0.15, -0.1) is 0 Å². The summed E-state index contributed by atoms with van der Waals surface area (Å²) in [5.74, 6) is 3.31. The van der Waals surface area contributed by atoms with Crippen LogP contribution in [0, 0.1) is 17.2 Å². The van der Waals surface area contributed by atoms with Crippen molar-refractivity contribution in [2.75, 3.05) is 6.54 Å². The number of halogens is 1. The normalized spacial score (nSPS) is 25.6. The van der Waals surface area contributed by atoms with E-state index in [2.05, 4.69) is 16.8 Å². The zero-order valence-corrected chi connectivity index (χ0v) is 19.6. The fourth-order valence-corrected chi connectivity index (χ4v) is 6.47. The maximum atomic E-state index is 12.3. The second-order valence-electron chi connectivity index (χ2n) is 9.98. The number of carbonyl (C=O) groups is 1. The Morgan fingerprint density at radius 1 is 1.16 bits per heavy atom. The third-order valence-corrected chi connectivity index (χ3v) is 7.92. The SMILES string of the molecule is CCCCCCCNC(=O)Oc1cc2c(=N)n3c(nc2cc1Cl)C1CC2CC(C1)CC3C2. The van der Waals surface area contributed by atoms with Gasteiger partial charge in [0.2, 0.25) is 0 Å². The van der Waals surface area contributed by atoms with E-state index >= 15 is 0 Å². The highest BCUT2D eigenvalue weighted by Crippen LogP contribution is 2.52. The summed E-state index contributed by atoms with van der Waals surface area (Å²) in [5.41, 5.74) is 1.19. The molecule has 2 aliphatic heterocycles. The van der Waals surface area contributed by atoms with E-state index in [0.29, 0.717) is 34.4 Å². The summed E-state index contributed by atoms with van der Waals surface area (Å²) < 4.78 is 7.69. The van der Waals surface area contributed by atoms with E-state index in [1.807, 2.05) is 0 Å². The van der Waals surface area contributed by atoms with Crippen LogP contribution in [0.3, 0.4) is 0 Å². The number of rotatable bonds is 7. The van der Waals surface area contributed by atoms with Gasteiger partial charge in [0.15, 0.2) is 5.75 Å². The minimum absolute atomic E-state index is 0.290. The number of hydrogen-bond acceptors (Lipinski definition) is 4. The Labute approximate surface area is 194 Å². The summed E-state index contributed by atoms with van der Waals surface area (Å²) in [6.07, 6.45) is 11.2. The topological polar surface area (TPSA) is 80.0 Å². The lowest BCUT2D eigenvalue weighted by molar-refractivity contribution is 0.150. The van der Waals surface area contributed by atoms with E-state index < -0.39 is 6.09 Å². The van der Waals surface area contributed by atoms with Crippen molar-refractivity contribution < 1.29 is 9.53 Å². The van der Waals surface area contributed by atoms with Crippen molar-refractivity contribution in [1.82, 2.24) is 14.9 Å². The predicted octanol–water partition coefficient (Wildman–Crippen LogP) is 6.08. The van der Waals surface area contributed by atoms with Gasteiger partial charge < -0.3 is 14.6 Å². The Hall–Kier alpha value is -2.08. The van der Waals surface area contributed by atoms with Gasteiger partial charge >= 0.3 is 6.09 Å². The first-order valence-electron chi connectivity index (χ1n) is 12.3. The highest BCUT2D eigenvalue weighted by atomic mass is 35.5. The first-order chi connectivity index (χ1) is 15.5. The molecule has 1 aromatic heterocycles. The number of nitrogens with zero attached hydrogens (tertiary/aromatic N) is 2. The molecule has 2 unspecified atom stereocenters. The Morgan fingerprint density at radius 3 is 2.66 bits per heavy atom. The maximum Gasteiger partial charge on any atom is 0.412 e. The molecule has 1 amide bonds. The van der Waals surface area contributed by atoms with Crippen molar-refractivity contribution in [3.63, 3.8) is 0 Å². The van der Waals surface area contributed by atoms with Gasteiger partial charge in [-0.05, 0) is 62.5 Å². The van der Waals surface area contributed by atoms with Gasteiger partial charge in [0.05, 0.1) is 10.5 Å². The lowest BCUT2D eigenvalue weighted by atomic mass is 9.68. The first-order valence-corrected chi connectivity index (χ1v) is 12.7. The van der Waals surface area contributed by atoms with Crippen molar-refractivity contribution in [2.45, 2.75) is 83.1 Å². The van der Waals surface area contributed by atoms with Crippen LogP contribution in [0.15, 0.2) is 12.1 Å². The molecule has 2 fully saturated rings. The van der Waals surface area contributed by atoms with Crippen LogP contribution in [0.4, 0.5) is 4.79 Å². The molecule has 2 aliphatic carbocycles. The summed E-state index contributed by atoms with van der Waals surface area (Å²) in [6.45, 7) is 2.78. The zero-order valence-electron chi connectivity index (χ0n) is 18.8. The second kappa shape index (κ2) is 9.05. The molecule has 4 bridgehead atoms. The van der Waals surface area contributed by atoms with Gasteiger partial charge in [-0.2, -0.15) is 0 Å². The predicted molar refractivity (Wildman–Crippen MR) is 125 cm³/mol. The van der Waals surface area contributed by atoms with Gasteiger partial charge in [0.25, 0.3) is 0 Å². The van der Waals surface area contributed by atoms with Crippen LogP contribution in [-0.2, 0) is 0 Å². The Bertz CT molecular complexity index is 1070. The highest BCUT2D eigenvalue weighted by molar-refractivity contribution is 6.32. The van der Waals surface area contributed by atoms with Crippen LogP contribution >= 0.6 is 11.6 Å². The van der Waals surface area contributed by atoms with Crippen LogP contribution < -0.4 is 15.5 Å². The van der Waals surface area contributed by atoms with Crippen LogP contribution in [0.2, 0.25) is 5.02 Å². The molecule has 6 rings (SSSR count). The lowest BCUT2D eigenvalue weighted by Gasteiger charge is -2.37. The van der Waals surface area contributed by atoms with Crippen LogP contribution in [-0.4, -0.2) is 22.2 Å². The molecule has 32 heavy (non-hydrogen) atoms. The molecule has 0 spiro atoms. The van der Waals surface area contributed by atoms with E-state index in [4.69, 9.17) is 26.7 Å². The number of nitrogens with one attached hydrogen (secondary N) is 2. The minimum Gasteiger partial charge on any atom is -0.409 e. The molecule has 7 heteroatoms. The Morgan fingerprint density at radius 2 is 1.91 bits per heavy atom. The highest BCUT2D eigenvalue weighted by Gasteiger charge is 2.43. The number of hydrogen-bond donors (Lipinski definition) is 2. The summed E-state index contributed by atoms with van der Waals surface area (Å²) in [6, 6.07) is 3.83. The standard InChI is InChI=1S/C25H33ClN4O2/c1-2-3-4-5-6-7-28-25(31)32-22-13-19-21(14-20(22)26)29-24-17-9-15-8-16(10-17)12-18(11-15)30(24)23(19)27/h13-18,27H,2-12H2,1H3,(H,28,31). The molecule has 3 heterocycles. The van der Waals surface area contributed by atoms with Crippen molar-refractivity contribution in [1.29, 1.82) is 5.41 Å². The minimum atomic E-state index is -0.500. The zero-order chi connectivity index (χ0) is 22.2. The average molecular weight is 457 g/mol. The smallest absolute Gasteiger partial charge is 0.409 e. The van der Waals surface area contributed by atoms with E-state index in [9.17, 15) is 4.79 Å². The van der Waals surface area contributed by atoms with E-state index in [1.165, 1.54) is 38.5 Å². The molecule has 1 aromatic carbocycles. The summed E-state index contributed by atoms with van der Waals surface area (Å²) in [7, 11) is 0. The summed E-state index contributed by atoms with van der Waals surface area (Å²) >= 11 is 6.46. The Kier molecular flexibility index (Phi) is 6.15. The number of carbonyl (C=O) groups excluding carboxylic acids is 1. The molecule has 0 radical (unpaired) electrons. The largest absolute Gasteiger partial charge is 0.412 e. The fourth-order valence-electron chi connectivity index (χ4n) is 6.27. The number of aromatic nitrogens is 2. The van der Waals surface area contributed by atoms with Gasteiger partial charge in [-0.25, -0.2) is 9.78 Å². The van der Waals surface area contributed by atoms with Gasteiger partial charge in [0.1, 0.15) is 11.3 Å². The van der Waals surface area contributed by atoms with E-state index in [-0.39, 0.29) is 5.75 Å². The third-order valence-electron chi connectivity index (χ3n) is 7.62. The number of ether oxygens (including phenoxy) is 1. The molecule has 6 nitrogen and oxygen atoms in total. The van der Waals surface area contributed by atoms with E-state index in [0.717, 1.165) is 48.9 Å². The van der Waals surface area contributed by atoms with E-state index in [1.54, 1.807) is 12.1 Å². The summed E-state index contributed by atoms with van der Waals surface area (Å²) in [4.78, 5) is 17.3. The number of benzene rings is 1. The van der Waals surface area contributed by atoms with Crippen LogP contribution in [0.5, 0.6) is 5.75 Å². The molecule has 2 atom stereocenters. The van der Waals surface area contributed by atoms with Crippen molar-refractivity contribution in [3.8, 4) is 5.75 Å². The number of unbranched alkanes of at least 4 members (excludes halogenated alkanes) is 4. The quantitative estimate of drug-likeness (QED) is 0.495. The maximum absolute atomic E-state index is 12.3. The molecule has 2 aromatic rings. The average Bonchev–Trinajstić information content (AvgIpc) is 2.92. The van der Waals surface area contributed by atoms with Gasteiger partial charge in [0, 0.05) is 23.9 Å². The molecule has 4 aliphatic rings. The van der Waals surface area contributed by atoms with Crippen molar-refractivity contribution in [2.24, 2.45) is 11.8 Å². The molecular weight excluding hydrogens is 424 g/mol. The molecular formula is C25H33ClN4O2. The molecule has 2 N–H and O–H groups in total. The second-order valence-corrected chi connectivity index (χ2v) is 10.4. The summed E-state index contributed by atoms with van der Waals surface area (Å²) in [5, 5.41) is 12.9. The molecule has 0 saturated heterocycles. The van der Waals surface area contributed by atoms with Crippen molar-refractivity contribution >= 4 is 28.6 Å². The number of amides is 1. The van der Waals surface area contributed by atoms with Crippen LogP contribution in [0.25, 0.3) is 10.9 Å². The van der Waals surface area contributed by atoms with Crippen molar-refractivity contribution in [3.05, 3.63) is 28.5 Å². The lowest BCUT2D eigenvalue weighted by Crippen LogP contribution is -2.31. The fraction of sp³-hybridized carbons (Fsp3) is 0.640. The van der Waals surface area contributed by atoms with Crippen LogP contribution in [0.1, 0.15) is 88.9 Å².